The van der Waals surface area contributed by atoms with E-state index in [2.05, 4.69) is 48.5 Å². The number of hydrogen-bond donors (Lipinski definition) is 0. The minimum Gasteiger partial charge on any atom is -0.298 e. The maximum Gasteiger partial charge on any atom is 0.189 e. The van der Waals surface area contributed by atoms with Crippen molar-refractivity contribution >= 4 is 6.29 Å². The summed E-state index contributed by atoms with van der Waals surface area (Å²) >= 11 is 0. The van der Waals surface area contributed by atoms with Gasteiger partial charge in [-0.25, -0.2) is 0 Å². The molecule has 184 valence electrons. The average molecular weight is 495 g/mol. The maximum atomic E-state index is 11.5. The largest absolute Gasteiger partial charge is 0.298 e. The van der Waals surface area contributed by atoms with Crippen LogP contribution in [0.3, 0.4) is 0 Å². The lowest BCUT2D eigenvalue weighted by Gasteiger charge is -2.34. The van der Waals surface area contributed by atoms with Crippen LogP contribution in [0.1, 0.15) is 34.5 Å². The number of aldehydes is 1. The second-order valence-electron chi connectivity index (χ2n) is 9.41. The molecule has 4 aromatic carbocycles. The van der Waals surface area contributed by atoms with Crippen molar-refractivity contribution in [2.45, 2.75) is 17.4 Å². The van der Waals surface area contributed by atoms with Gasteiger partial charge in [-0.15, -0.1) is 15.0 Å². The third-order valence-corrected chi connectivity index (χ3v) is 7.33. The number of allylic oxidation sites excluding steroid dienone is 4. The Morgan fingerprint density at radius 2 is 1.21 bits per heavy atom. The van der Waals surface area contributed by atoms with Gasteiger partial charge < -0.3 is 0 Å². The van der Waals surface area contributed by atoms with E-state index in [1.807, 2.05) is 91.0 Å². The molecule has 1 atom stereocenters. The van der Waals surface area contributed by atoms with E-state index in [0.717, 1.165) is 28.5 Å². The third-order valence-electron chi connectivity index (χ3n) is 7.33. The molecule has 1 unspecified atom stereocenters. The van der Waals surface area contributed by atoms with Gasteiger partial charge in [-0.2, -0.15) is 0 Å². The number of tetrazole rings is 1. The van der Waals surface area contributed by atoms with Gasteiger partial charge in [0.15, 0.2) is 11.4 Å². The molecule has 0 spiro atoms. The Balaban J connectivity index is 1.62. The van der Waals surface area contributed by atoms with Crippen molar-refractivity contribution in [1.82, 2.24) is 20.2 Å². The molecular formula is C33H26N4O. The summed E-state index contributed by atoms with van der Waals surface area (Å²) in [5, 5.41) is 14.6. The van der Waals surface area contributed by atoms with E-state index in [0.29, 0.717) is 17.8 Å². The Hall–Kier alpha value is -4.90. The normalized spacial score (nSPS) is 17.1. The van der Waals surface area contributed by atoms with Crippen molar-refractivity contribution in [3.05, 3.63) is 173 Å². The summed E-state index contributed by atoms with van der Waals surface area (Å²) in [6.45, 7) is 0. The Kier molecular flexibility index (Phi) is 6.10. The lowest BCUT2D eigenvalue weighted by atomic mass is 9.74. The maximum absolute atomic E-state index is 11.5. The van der Waals surface area contributed by atoms with Gasteiger partial charge in [0.1, 0.15) is 6.29 Å². The zero-order valence-corrected chi connectivity index (χ0v) is 20.8. The lowest BCUT2D eigenvalue weighted by Crippen LogP contribution is -2.40. The third kappa shape index (κ3) is 3.80. The SMILES string of the molecule is O=CC1=CCC(c2ccccc2)(c2nnn(C(c3ccccc3)(c3ccccc3)c3ccccc3)n2)C=C1. The van der Waals surface area contributed by atoms with Gasteiger partial charge in [0, 0.05) is 5.57 Å². The Morgan fingerprint density at radius 1 is 0.711 bits per heavy atom. The highest BCUT2D eigenvalue weighted by Crippen LogP contribution is 2.42. The molecule has 0 N–H and O–H groups in total. The first-order valence-electron chi connectivity index (χ1n) is 12.6. The predicted molar refractivity (Wildman–Crippen MR) is 148 cm³/mol. The van der Waals surface area contributed by atoms with Crippen LogP contribution in [-0.4, -0.2) is 26.5 Å². The monoisotopic (exact) mass is 494 g/mol. The molecule has 5 heteroatoms. The molecule has 1 heterocycles. The fraction of sp³-hybridized carbons (Fsp3) is 0.0909. The molecule has 1 aromatic heterocycles. The van der Waals surface area contributed by atoms with Crippen LogP contribution in [0.4, 0.5) is 0 Å². The highest BCUT2D eigenvalue weighted by molar-refractivity contribution is 5.78. The predicted octanol–water partition coefficient (Wildman–Crippen LogP) is 5.88. The average Bonchev–Trinajstić information content (AvgIpc) is 3.51. The van der Waals surface area contributed by atoms with Crippen LogP contribution in [-0.2, 0) is 15.7 Å². The van der Waals surface area contributed by atoms with Gasteiger partial charge >= 0.3 is 0 Å². The summed E-state index contributed by atoms with van der Waals surface area (Å²) in [5.74, 6) is 0.577. The fourth-order valence-corrected chi connectivity index (χ4v) is 5.40. The minimum atomic E-state index is -0.852. The van der Waals surface area contributed by atoms with Crippen LogP contribution in [0.5, 0.6) is 0 Å². The summed E-state index contributed by atoms with van der Waals surface area (Å²) in [7, 11) is 0. The number of nitrogens with zero attached hydrogens (tertiary/aromatic N) is 4. The van der Waals surface area contributed by atoms with E-state index in [9.17, 15) is 4.79 Å². The van der Waals surface area contributed by atoms with E-state index in [4.69, 9.17) is 15.4 Å². The smallest absolute Gasteiger partial charge is 0.189 e. The summed E-state index contributed by atoms with van der Waals surface area (Å²) in [6, 6.07) is 41.1. The summed E-state index contributed by atoms with van der Waals surface area (Å²) in [4.78, 5) is 13.2. The van der Waals surface area contributed by atoms with E-state index in [1.165, 1.54) is 0 Å². The second-order valence-corrected chi connectivity index (χ2v) is 9.41. The van der Waals surface area contributed by atoms with Crippen molar-refractivity contribution in [2.24, 2.45) is 0 Å². The van der Waals surface area contributed by atoms with Crippen LogP contribution in [0.2, 0.25) is 0 Å². The molecule has 38 heavy (non-hydrogen) atoms. The fourth-order valence-electron chi connectivity index (χ4n) is 5.40. The van der Waals surface area contributed by atoms with Gasteiger partial charge in [0.05, 0.1) is 5.41 Å². The number of benzene rings is 4. The van der Waals surface area contributed by atoms with Crippen molar-refractivity contribution in [3.63, 3.8) is 0 Å². The summed E-state index contributed by atoms with van der Waals surface area (Å²) < 4.78 is 0. The van der Waals surface area contributed by atoms with E-state index in [1.54, 1.807) is 4.80 Å². The Morgan fingerprint density at radius 3 is 1.66 bits per heavy atom. The molecule has 0 bridgehead atoms. The first-order chi connectivity index (χ1) is 18.8. The molecule has 1 aliphatic rings. The van der Waals surface area contributed by atoms with E-state index in [-0.39, 0.29) is 0 Å². The Labute approximate surface area is 221 Å². The molecule has 0 saturated carbocycles. The van der Waals surface area contributed by atoms with Crippen LogP contribution in [0, 0.1) is 0 Å². The second kappa shape index (κ2) is 9.87. The zero-order valence-electron chi connectivity index (χ0n) is 20.8. The first-order valence-corrected chi connectivity index (χ1v) is 12.6. The van der Waals surface area contributed by atoms with Gasteiger partial charge in [-0.3, -0.25) is 4.79 Å². The summed E-state index contributed by atoms with van der Waals surface area (Å²) in [6.07, 6.45) is 7.26. The van der Waals surface area contributed by atoms with Crippen molar-refractivity contribution < 1.29 is 4.79 Å². The molecular weight excluding hydrogens is 468 g/mol. The van der Waals surface area contributed by atoms with Gasteiger partial charge in [-0.1, -0.05) is 140 Å². The van der Waals surface area contributed by atoms with Gasteiger partial charge in [-0.05, 0) is 33.9 Å². The number of rotatable bonds is 7. The molecule has 6 rings (SSSR count). The van der Waals surface area contributed by atoms with Crippen LogP contribution < -0.4 is 0 Å². The first kappa shape index (κ1) is 23.5. The molecule has 5 nitrogen and oxygen atoms in total. The minimum absolute atomic E-state index is 0.558. The topological polar surface area (TPSA) is 60.7 Å². The molecule has 0 aliphatic heterocycles. The zero-order chi connectivity index (χ0) is 25.8. The molecule has 5 aromatic rings. The van der Waals surface area contributed by atoms with Crippen molar-refractivity contribution in [2.75, 3.05) is 0 Å². The van der Waals surface area contributed by atoms with Crippen LogP contribution in [0.25, 0.3) is 0 Å². The number of hydrogen-bond acceptors (Lipinski definition) is 4. The molecule has 0 saturated heterocycles. The quantitative estimate of drug-likeness (QED) is 0.209. The summed E-state index contributed by atoms with van der Waals surface area (Å²) in [5.41, 5.74) is 3.27. The highest BCUT2D eigenvalue weighted by Gasteiger charge is 2.44. The molecule has 1 aliphatic carbocycles. The number of aromatic nitrogens is 4. The molecule has 0 radical (unpaired) electrons. The van der Waals surface area contributed by atoms with E-state index >= 15 is 0 Å². The number of carbonyl (C=O) groups is 1. The Bertz CT molecular complexity index is 1500. The molecule has 0 amide bonds. The highest BCUT2D eigenvalue weighted by atomic mass is 16.1. The van der Waals surface area contributed by atoms with Crippen molar-refractivity contribution in [1.29, 1.82) is 0 Å². The number of carbonyl (C=O) groups excluding carboxylic acids is 1. The van der Waals surface area contributed by atoms with Gasteiger partial charge in [0.2, 0.25) is 0 Å². The van der Waals surface area contributed by atoms with E-state index < -0.39 is 11.0 Å². The van der Waals surface area contributed by atoms with Crippen LogP contribution >= 0.6 is 0 Å². The van der Waals surface area contributed by atoms with Crippen molar-refractivity contribution in [3.8, 4) is 0 Å². The standard InChI is InChI=1S/C33H26N4O/c38-25-26-21-23-32(24-22-26,27-13-5-1-6-14-27)31-34-36-37(35-31)33(28-15-7-2-8-16-28,29-17-9-3-10-18-29)30-19-11-4-12-20-30/h1-23,25H,24H2. The molecule has 0 fully saturated rings. The van der Waals surface area contributed by atoms with Crippen LogP contribution in [0.15, 0.2) is 145 Å². The lowest BCUT2D eigenvalue weighted by molar-refractivity contribution is -0.104. The van der Waals surface area contributed by atoms with Gasteiger partial charge in [0.25, 0.3) is 0 Å².